The molecule has 2 aromatic carbocycles. The zero-order valence-corrected chi connectivity index (χ0v) is 15.6. The molecule has 1 heterocycles. The van der Waals surface area contributed by atoms with Gasteiger partial charge in [-0.1, -0.05) is 12.1 Å². The number of ether oxygens (including phenoxy) is 2. The van der Waals surface area contributed by atoms with Crippen molar-refractivity contribution >= 4 is 5.78 Å². The van der Waals surface area contributed by atoms with Crippen LogP contribution >= 0.6 is 0 Å². The first-order valence-corrected chi connectivity index (χ1v) is 8.83. The third kappa shape index (κ3) is 5.10. The Labute approximate surface area is 165 Å². The summed E-state index contributed by atoms with van der Waals surface area (Å²) in [4.78, 5) is 16.8. The van der Waals surface area contributed by atoms with E-state index in [4.69, 9.17) is 13.9 Å². The third-order valence-corrected chi connectivity index (χ3v) is 4.14. The molecule has 0 aliphatic rings. The van der Waals surface area contributed by atoms with E-state index >= 15 is 0 Å². The highest BCUT2D eigenvalue weighted by Gasteiger charge is 2.16. The molecule has 0 bridgehead atoms. The Bertz CT molecular complexity index is 987. The number of halogens is 2. The molecule has 0 atom stereocenters. The highest BCUT2D eigenvalue weighted by atomic mass is 19.3. The van der Waals surface area contributed by atoms with Crippen LogP contribution in [0.3, 0.4) is 0 Å². The molecule has 8 heteroatoms. The number of methoxy groups -OCH3 is 1. The minimum Gasteiger partial charge on any atom is -0.504 e. The number of benzene rings is 2. The van der Waals surface area contributed by atoms with Crippen molar-refractivity contribution < 1.29 is 32.6 Å². The number of Topliss-reactive ketones (excluding diaryl/α,β-unsaturated/α-hetero) is 1. The first-order chi connectivity index (χ1) is 14.0. The van der Waals surface area contributed by atoms with Gasteiger partial charge in [0.25, 0.3) is 6.43 Å². The maximum Gasteiger partial charge on any atom is 0.272 e. The molecule has 1 N–H and O–H groups in total. The molecule has 0 saturated carbocycles. The number of carbonyl (C=O) groups is 1. The van der Waals surface area contributed by atoms with E-state index in [-0.39, 0.29) is 29.3 Å². The molecule has 3 aromatic rings. The number of nitrogens with zero attached hydrogens (tertiary/aromatic N) is 1. The normalized spacial score (nSPS) is 10.9. The Morgan fingerprint density at radius 1 is 1.21 bits per heavy atom. The predicted molar refractivity (Wildman–Crippen MR) is 101 cm³/mol. The molecule has 0 fully saturated rings. The summed E-state index contributed by atoms with van der Waals surface area (Å²) in [6.45, 7) is -0.772. The number of aromatic hydroxyl groups is 1. The molecule has 0 aliphatic carbocycles. The molecule has 0 spiro atoms. The lowest BCUT2D eigenvalue weighted by Gasteiger charge is -2.10. The molecular weight excluding hydrogens is 384 g/mol. The Balaban J connectivity index is 1.66. The standard InChI is InChI=1S/C21H19F2NO5/c1-27-19-9-6-13(10-17(19)26)21-24-14(11-29-21)7-8-16(25)15-4-2-3-5-18(15)28-12-20(22)23/h2-6,9-11,20,26H,7-8,12H2,1H3. The number of rotatable bonds is 9. The van der Waals surface area contributed by atoms with E-state index in [1.54, 1.807) is 24.3 Å². The van der Waals surface area contributed by atoms with Crippen LogP contribution in [0, 0.1) is 0 Å². The maximum atomic E-state index is 12.5. The topological polar surface area (TPSA) is 81.8 Å². The van der Waals surface area contributed by atoms with Gasteiger partial charge in [0, 0.05) is 18.4 Å². The largest absolute Gasteiger partial charge is 0.504 e. The summed E-state index contributed by atoms with van der Waals surface area (Å²) in [5.41, 5.74) is 1.36. The lowest BCUT2D eigenvalue weighted by molar-refractivity contribution is 0.0799. The lowest BCUT2D eigenvalue weighted by atomic mass is 10.0. The first-order valence-electron chi connectivity index (χ1n) is 8.83. The van der Waals surface area contributed by atoms with Gasteiger partial charge in [-0.15, -0.1) is 0 Å². The summed E-state index contributed by atoms with van der Waals surface area (Å²) >= 11 is 0. The number of aryl methyl sites for hydroxylation is 1. The van der Waals surface area contributed by atoms with Gasteiger partial charge in [0.15, 0.2) is 17.3 Å². The van der Waals surface area contributed by atoms with Crippen molar-refractivity contribution in [2.45, 2.75) is 19.3 Å². The van der Waals surface area contributed by atoms with Crippen LogP contribution in [0.5, 0.6) is 17.2 Å². The quantitative estimate of drug-likeness (QED) is 0.529. The Kier molecular flexibility index (Phi) is 6.43. The van der Waals surface area contributed by atoms with Gasteiger partial charge >= 0.3 is 0 Å². The SMILES string of the molecule is COc1ccc(-c2nc(CCC(=O)c3ccccc3OCC(F)F)co2)cc1O. The van der Waals surface area contributed by atoms with E-state index in [1.807, 2.05) is 0 Å². The molecule has 0 unspecified atom stereocenters. The second-order valence-electron chi connectivity index (χ2n) is 6.15. The Morgan fingerprint density at radius 3 is 2.72 bits per heavy atom. The summed E-state index contributed by atoms with van der Waals surface area (Å²) in [5, 5.41) is 9.87. The van der Waals surface area contributed by atoms with Crippen LogP contribution < -0.4 is 9.47 Å². The zero-order chi connectivity index (χ0) is 20.8. The van der Waals surface area contributed by atoms with E-state index < -0.39 is 13.0 Å². The van der Waals surface area contributed by atoms with Crippen LogP contribution in [0.1, 0.15) is 22.5 Å². The summed E-state index contributed by atoms with van der Waals surface area (Å²) in [7, 11) is 1.45. The number of phenolic OH excluding ortho intramolecular Hbond substituents is 1. The molecule has 152 valence electrons. The maximum absolute atomic E-state index is 12.5. The molecule has 0 amide bonds. The van der Waals surface area contributed by atoms with Crippen LogP contribution in [0.4, 0.5) is 8.78 Å². The van der Waals surface area contributed by atoms with Crippen LogP contribution in [-0.2, 0) is 6.42 Å². The predicted octanol–water partition coefficient (Wildman–Crippen LogP) is 4.52. The van der Waals surface area contributed by atoms with Gasteiger partial charge in [-0.3, -0.25) is 4.79 Å². The number of hydrogen-bond acceptors (Lipinski definition) is 6. The molecule has 1 aromatic heterocycles. The van der Waals surface area contributed by atoms with Crippen molar-refractivity contribution in [3.05, 3.63) is 60.0 Å². The number of oxazole rings is 1. The highest BCUT2D eigenvalue weighted by molar-refractivity contribution is 5.98. The Hall–Kier alpha value is -3.42. The fourth-order valence-electron chi connectivity index (χ4n) is 2.73. The number of carbonyl (C=O) groups excluding carboxylic acids is 1. The van der Waals surface area contributed by atoms with Gasteiger partial charge in [-0.2, -0.15) is 0 Å². The molecular formula is C21H19F2NO5. The fourth-order valence-corrected chi connectivity index (χ4v) is 2.73. The molecule has 29 heavy (non-hydrogen) atoms. The minimum absolute atomic E-state index is 0.0414. The van der Waals surface area contributed by atoms with Gasteiger partial charge in [0.05, 0.1) is 18.4 Å². The second-order valence-corrected chi connectivity index (χ2v) is 6.15. The van der Waals surface area contributed by atoms with Gasteiger partial charge in [-0.05, 0) is 30.3 Å². The van der Waals surface area contributed by atoms with E-state index in [1.165, 1.54) is 31.6 Å². The van der Waals surface area contributed by atoms with Crippen LogP contribution in [-0.4, -0.2) is 36.0 Å². The van der Waals surface area contributed by atoms with Crippen molar-refractivity contribution in [3.63, 3.8) is 0 Å². The summed E-state index contributed by atoms with van der Waals surface area (Å²) < 4.78 is 40.2. The molecule has 0 aliphatic heterocycles. The third-order valence-electron chi connectivity index (χ3n) is 4.14. The van der Waals surface area contributed by atoms with E-state index in [9.17, 15) is 18.7 Å². The van der Waals surface area contributed by atoms with Gasteiger partial charge in [0.1, 0.15) is 18.6 Å². The van der Waals surface area contributed by atoms with Crippen LogP contribution in [0.2, 0.25) is 0 Å². The Morgan fingerprint density at radius 2 is 2.00 bits per heavy atom. The van der Waals surface area contributed by atoms with Crippen molar-refractivity contribution in [2.75, 3.05) is 13.7 Å². The van der Waals surface area contributed by atoms with Crippen molar-refractivity contribution in [1.29, 1.82) is 0 Å². The second kappa shape index (κ2) is 9.18. The van der Waals surface area contributed by atoms with Crippen molar-refractivity contribution in [2.24, 2.45) is 0 Å². The number of alkyl halides is 2. The number of aromatic nitrogens is 1. The number of para-hydroxylation sites is 1. The van der Waals surface area contributed by atoms with Gasteiger partial charge in [0.2, 0.25) is 5.89 Å². The zero-order valence-electron chi connectivity index (χ0n) is 15.6. The molecule has 0 radical (unpaired) electrons. The average molecular weight is 403 g/mol. The lowest BCUT2D eigenvalue weighted by Crippen LogP contribution is -2.10. The number of hydrogen-bond donors (Lipinski definition) is 1. The summed E-state index contributed by atoms with van der Waals surface area (Å²) in [6, 6.07) is 11.0. The number of phenols is 1. The molecule has 3 rings (SSSR count). The smallest absolute Gasteiger partial charge is 0.272 e. The van der Waals surface area contributed by atoms with Gasteiger partial charge in [-0.25, -0.2) is 13.8 Å². The average Bonchev–Trinajstić information content (AvgIpc) is 3.19. The van der Waals surface area contributed by atoms with Crippen molar-refractivity contribution in [3.8, 4) is 28.7 Å². The minimum atomic E-state index is -2.62. The van der Waals surface area contributed by atoms with E-state index in [0.29, 0.717) is 29.3 Å². The van der Waals surface area contributed by atoms with Gasteiger partial charge < -0.3 is 19.0 Å². The molecule has 0 saturated heterocycles. The van der Waals surface area contributed by atoms with E-state index in [2.05, 4.69) is 4.98 Å². The monoisotopic (exact) mass is 403 g/mol. The van der Waals surface area contributed by atoms with Crippen LogP contribution in [0.15, 0.2) is 53.1 Å². The highest BCUT2D eigenvalue weighted by Crippen LogP contribution is 2.31. The summed E-state index contributed by atoms with van der Waals surface area (Å²) in [6.07, 6.45) is -0.782. The van der Waals surface area contributed by atoms with Crippen molar-refractivity contribution in [1.82, 2.24) is 4.98 Å². The number of ketones is 1. The molecule has 6 nitrogen and oxygen atoms in total. The van der Waals surface area contributed by atoms with Crippen LogP contribution in [0.25, 0.3) is 11.5 Å². The summed E-state index contributed by atoms with van der Waals surface area (Å²) in [5.74, 6) is 0.471. The first kappa shape index (κ1) is 20.3. The van der Waals surface area contributed by atoms with E-state index in [0.717, 1.165) is 0 Å². The fraction of sp³-hybridized carbons (Fsp3) is 0.238.